The summed E-state index contributed by atoms with van der Waals surface area (Å²) in [6.45, 7) is 0.411. The van der Waals surface area contributed by atoms with E-state index in [1.54, 1.807) is 11.5 Å². The summed E-state index contributed by atoms with van der Waals surface area (Å²) in [5.41, 5.74) is 3.85. The fourth-order valence-electron chi connectivity index (χ4n) is 5.44. The van der Waals surface area contributed by atoms with Crippen LogP contribution in [0.2, 0.25) is 5.02 Å². The number of rotatable bonds is 8. The van der Waals surface area contributed by atoms with Crippen molar-refractivity contribution in [1.29, 1.82) is 0 Å². The van der Waals surface area contributed by atoms with E-state index in [0.29, 0.717) is 22.5 Å². The highest BCUT2D eigenvalue weighted by molar-refractivity contribution is 7.21. The molecule has 0 unspecified atom stereocenters. The Morgan fingerprint density at radius 3 is 2.31 bits per heavy atom. The molecule has 3 aromatic carbocycles. The number of halogens is 2. The van der Waals surface area contributed by atoms with Crippen LogP contribution >= 0.6 is 34.7 Å². The van der Waals surface area contributed by atoms with E-state index in [0.717, 1.165) is 63.8 Å². The number of thiophene rings is 1. The van der Waals surface area contributed by atoms with Crippen LogP contribution in [0.1, 0.15) is 46.5 Å². The van der Waals surface area contributed by atoms with Crippen LogP contribution in [0.5, 0.6) is 5.75 Å². The smallest absolute Gasteiger partial charge is 0.266 e. The SMILES string of the molecule is COc1ccc(-c2ccc(CO)cc2)cc1CN(C(=O)c1sc2ccccc2c1Cl)[C@H]1CC[C@H](N(C)Cl)CC1. The molecule has 5 rings (SSSR count). The van der Waals surface area contributed by atoms with Crippen molar-refractivity contribution >= 4 is 50.7 Å². The highest BCUT2D eigenvalue weighted by Crippen LogP contribution is 2.38. The Bertz CT molecular complexity index is 1450. The maximum absolute atomic E-state index is 14.2. The van der Waals surface area contributed by atoms with E-state index in [4.69, 9.17) is 28.1 Å². The lowest BCUT2D eigenvalue weighted by molar-refractivity contribution is 0.0589. The second-order valence-electron chi connectivity index (χ2n) is 10.0. The lowest BCUT2D eigenvalue weighted by atomic mass is 9.89. The maximum atomic E-state index is 14.2. The predicted molar refractivity (Wildman–Crippen MR) is 161 cm³/mol. The largest absolute Gasteiger partial charge is 0.496 e. The number of hydrogen-bond acceptors (Lipinski definition) is 5. The molecule has 0 bridgehead atoms. The Morgan fingerprint density at radius 2 is 1.67 bits per heavy atom. The van der Waals surface area contributed by atoms with Crippen LogP contribution in [0.3, 0.4) is 0 Å². The van der Waals surface area contributed by atoms with E-state index in [9.17, 15) is 9.90 Å². The van der Waals surface area contributed by atoms with Gasteiger partial charge in [0.05, 0.1) is 18.7 Å². The molecule has 1 aliphatic rings. The van der Waals surface area contributed by atoms with Crippen molar-refractivity contribution in [3.8, 4) is 16.9 Å². The molecule has 0 saturated heterocycles. The monoisotopic (exact) mass is 582 g/mol. The maximum Gasteiger partial charge on any atom is 0.266 e. The van der Waals surface area contributed by atoms with Crippen LogP contribution in [0.25, 0.3) is 21.2 Å². The second-order valence-corrected chi connectivity index (χ2v) is 12.0. The number of nitrogens with zero attached hydrogens (tertiary/aromatic N) is 2. The van der Waals surface area contributed by atoms with Crippen molar-refractivity contribution in [2.75, 3.05) is 14.2 Å². The molecule has 1 heterocycles. The van der Waals surface area contributed by atoms with Gasteiger partial charge >= 0.3 is 0 Å². The lowest BCUT2D eigenvalue weighted by Crippen LogP contribution is -2.44. The molecule has 1 N–H and O–H groups in total. The molecule has 8 heteroatoms. The average Bonchev–Trinajstić information content (AvgIpc) is 3.32. The van der Waals surface area contributed by atoms with E-state index in [1.165, 1.54) is 11.3 Å². The van der Waals surface area contributed by atoms with E-state index in [1.807, 2.05) is 72.6 Å². The van der Waals surface area contributed by atoms with E-state index >= 15 is 0 Å². The second kappa shape index (κ2) is 12.3. The summed E-state index contributed by atoms with van der Waals surface area (Å²) < 4.78 is 8.52. The number of benzene rings is 3. The number of fused-ring (bicyclic) bond motifs is 1. The van der Waals surface area contributed by atoms with Gasteiger partial charge in [0, 0.05) is 41.3 Å². The molecule has 1 saturated carbocycles. The minimum atomic E-state index is -0.0522. The summed E-state index contributed by atoms with van der Waals surface area (Å²) in [4.78, 5) is 16.8. The zero-order valence-corrected chi connectivity index (χ0v) is 24.4. The van der Waals surface area contributed by atoms with Gasteiger partial charge in [-0.25, -0.2) is 4.42 Å². The molecule has 39 heavy (non-hydrogen) atoms. The molecule has 5 nitrogen and oxygen atoms in total. The van der Waals surface area contributed by atoms with Gasteiger partial charge in [-0.2, -0.15) is 0 Å². The first kappa shape index (κ1) is 27.9. The summed E-state index contributed by atoms with van der Waals surface area (Å²) >= 11 is 14.5. The molecular weight excluding hydrogens is 551 g/mol. The number of aliphatic hydroxyl groups excluding tert-OH is 1. The third kappa shape index (κ3) is 5.96. The van der Waals surface area contributed by atoms with E-state index < -0.39 is 0 Å². The quantitative estimate of drug-likeness (QED) is 0.216. The van der Waals surface area contributed by atoms with Gasteiger partial charge in [0.2, 0.25) is 0 Å². The number of aliphatic hydroxyl groups is 1. The van der Waals surface area contributed by atoms with Crippen LogP contribution in [-0.4, -0.2) is 46.6 Å². The number of amides is 1. The fraction of sp³-hybridized carbons (Fsp3) is 0.323. The van der Waals surface area contributed by atoms with Gasteiger partial charge < -0.3 is 14.7 Å². The molecule has 0 aliphatic heterocycles. The fourth-order valence-corrected chi connectivity index (χ4v) is 7.11. The molecule has 0 atom stereocenters. The first-order chi connectivity index (χ1) is 18.9. The summed E-state index contributed by atoms with van der Waals surface area (Å²) in [5, 5.41) is 10.8. The molecule has 0 spiro atoms. The molecule has 1 aromatic heterocycles. The normalized spacial score (nSPS) is 17.5. The molecule has 1 amide bonds. The van der Waals surface area contributed by atoms with Crippen LogP contribution in [-0.2, 0) is 13.2 Å². The van der Waals surface area contributed by atoms with Crippen molar-refractivity contribution in [3.05, 3.63) is 87.8 Å². The van der Waals surface area contributed by atoms with Gasteiger partial charge in [-0.05, 0) is 72.3 Å². The van der Waals surface area contributed by atoms with Gasteiger partial charge in [0.15, 0.2) is 0 Å². The molecule has 4 aromatic rings. The highest BCUT2D eigenvalue weighted by Gasteiger charge is 2.33. The van der Waals surface area contributed by atoms with Gasteiger partial charge in [-0.1, -0.05) is 60.1 Å². The predicted octanol–water partition coefficient (Wildman–Crippen LogP) is 7.76. The van der Waals surface area contributed by atoms with Crippen molar-refractivity contribution in [2.24, 2.45) is 0 Å². The number of hydrogen-bond donors (Lipinski definition) is 1. The Morgan fingerprint density at radius 1 is 1.00 bits per heavy atom. The summed E-state index contributed by atoms with van der Waals surface area (Å²) in [7, 11) is 3.56. The Hall–Kier alpha value is -2.61. The molecule has 1 aliphatic carbocycles. The molecule has 204 valence electrons. The van der Waals surface area contributed by atoms with Gasteiger partial charge in [-0.3, -0.25) is 4.79 Å². The molecule has 0 radical (unpaired) electrons. The summed E-state index contributed by atoms with van der Waals surface area (Å²) in [6, 6.07) is 22.2. The van der Waals surface area contributed by atoms with Gasteiger partial charge in [0.25, 0.3) is 5.91 Å². The zero-order valence-electron chi connectivity index (χ0n) is 22.1. The van der Waals surface area contributed by atoms with E-state index in [2.05, 4.69) is 6.07 Å². The van der Waals surface area contributed by atoms with Crippen molar-refractivity contribution in [3.63, 3.8) is 0 Å². The average molecular weight is 584 g/mol. The lowest BCUT2D eigenvalue weighted by Gasteiger charge is -2.38. The number of carbonyl (C=O) groups is 1. The minimum absolute atomic E-state index is 0.00720. The first-order valence-electron chi connectivity index (χ1n) is 13.1. The summed E-state index contributed by atoms with van der Waals surface area (Å²) in [6.07, 6.45) is 3.56. The third-order valence-corrected chi connectivity index (χ3v) is 9.63. The third-order valence-electron chi connectivity index (χ3n) is 7.69. The number of ether oxygens (including phenoxy) is 1. The Kier molecular flexibility index (Phi) is 8.79. The van der Waals surface area contributed by atoms with E-state index in [-0.39, 0.29) is 18.6 Å². The van der Waals surface area contributed by atoms with Crippen molar-refractivity contribution in [1.82, 2.24) is 9.32 Å². The Labute approximate surface area is 243 Å². The topological polar surface area (TPSA) is 53.0 Å². The number of carbonyl (C=O) groups excluding carboxylic acids is 1. The first-order valence-corrected chi connectivity index (χ1v) is 14.7. The van der Waals surface area contributed by atoms with Gasteiger partial charge in [0.1, 0.15) is 10.6 Å². The van der Waals surface area contributed by atoms with Crippen molar-refractivity contribution < 1.29 is 14.6 Å². The highest BCUT2D eigenvalue weighted by atomic mass is 35.5. The zero-order chi connectivity index (χ0) is 27.5. The van der Waals surface area contributed by atoms with Crippen LogP contribution < -0.4 is 4.74 Å². The minimum Gasteiger partial charge on any atom is -0.496 e. The van der Waals surface area contributed by atoms with Crippen LogP contribution in [0.15, 0.2) is 66.7 Å². The van der Waals surface area contributed by atoms with Crippen LogP contribution in [0.4, 0.5) is 0 Å². The number of methoxy groups -OCH3 is 1. The standard InChI is InChI=1S/C31H32Cl2N2O3S/c1-34(33)24-12-14-25(15-13-24)35(31(37)30-29(32)26-5-3-4-6-28(26)39-30)18-23-17-22(11-16-27(23)38-2)21-9-7-20(19-36)8-10-21/h3-11,16-17,24-25,36H,12-15,18-19H2,1-2H3/t24-,25-. The molecular formula is C31H32Cl2N2O3S. The van der Waals surface area contributed by atoms with Crippen molar-refractivity contribution in [2.45, 2.75) is 50.9 Å². The Balaban J connectivity index is 1.51. The van der Waals surface area contributed by atoms with Gasteiger partial charge in [-0.15, -0.1) is 11.3 Å². The van der Waals surface area contributed by atoms with Crippen LogP contribution in [0, 0.1) is 0 Å². The molecule has 1 fully saturated rings. The summed E-state index contributed by atoms with van der Waals surface area (Å²) in [5.74, 6) is 0.684.